The minimum atomic E-state index is -0.540. The second-order valence-corrected chi connectivity index (χ2v) is 5.77. The van der Waals surface area contributed by atoms with E-state index >= 15 is 0 Å². The van der Waals surface area contributed by atoms with Crippen molar-refractivity contribution < 1.29 is 4.39 Å². The van der Waals surface area contributed by atoms with Gasteiger partial charge in [0.25, 0.3) is 0 Å². The molecule has 0 atom stereocenters. The number of nitrogens with zero attached hydrogens (tertiary/aromatic N) is 2. The fourth-order valence-corrected chi connectivity index (χ4v) is 2.37. The van der Waals surface area contributed by atoms with Crippen LogP contribution in [0.1, 0.15) is 32.4 Å². The minimum absolute atomic E-state index is 0.0127. The lowest BCUT2D eigenvalue weighted by atomic mass is 10.0. The Balaban J connectivity index is 2.74. The van der Waals surface area contributed by atoms with Crippen molar-refractivity contribution in [1.82, 2.24) is 9.78 Å². The normalized spacial score (nSPS) is 12.0. The number of aromatic nitrogens is 2. The van der Waals surface area contributed by atoms with Crippen LogP contribution in [-0.4, -0.2) is 16.0 Å². The summed E-state index contributed by atoms with van der Waals surface area (Å²) in [5.74, 6) is -0.540. The molecule has 1 aromatic carbocycles. The van der Waals surface area contributed by atoms with E-state index in [1.807, 2.05) is 27.0 Å². The number of anilines is 1. The molecule has 0 fully saturated rings. The Morgan fingerprint density at radius 2 is 2.14 bits per heavy atom. The number of nitrogen functional groups attached to an aromatic ring is 1. The van der Waals surface area contributed by atoms with Crippen molar-refractivity contribution in [3.8, 4) is 11.3 Å². The first-order valence-electron chi connectivity index (χ1n) is 6.87. The van der Waals surface area contributed by atoms with Crippen molar-refractivity contribution in [1.29, 1.82) is 5.41 Å². The fraction of sp³-hybridized carbons (Fsp3) is 0.250. The van der Waals surface area contributed by atoms with Crippen LogP contribution in [0, 0.1) is 11.2 Å². The van der Waals surface area contributed by atoms with Gasteiger partial charge < -0.3 is 11.1 Å². The highest BCUT2D eigenvalue weighted by Gasteiger charge is 2.19. The second-order valence-electron chi connectivity index (χ2n) is 5.34. The SMILES string of the molecule is C/C(=C\C=N)c1cn(C(C)C)nc1-c1cc(Cl)cc(N)c1F. The fourth-order valence-electron chi connectivity index (χ4n) is 2.14. The molecule has 2 aromatic rings. The monoisotopic (exact) mass is 320 g/mol. The maximum absolute atomic E-state index is 14.4. The predicted molar refractivity (Wildman–Crippen MR) is 89.9 cm³/mol. The summed E-state index contributed by atoms with van der Waals surface area (Å²) in [7, 11) is 0. The first kappa shape index (κ1) is 16.2. The average Bonchev–Trinajstić information content (AvgIpc) is 2.88. The molecule has 1 heterocycles. The summed E-state index contributed by atoms with van der Waals surface area (Å²) < 4.78 is 16.2. The lowest BCUT2D eigenvalue weighted by Crippen LogP contribution is -2.01. The van der Waals surface area contributed by atoms with E-state index in [2.05, 4.69) is 5.10 Å². The van der Waals surface area contributed by atoms with Crippen LogP contribution in [0.3, 0.4) is 0 Å². The second kappa shape index (κ2) is 6.32. The Morgan fingerprint density at radius 1 is 1.45 bits per heavy atom. The molecule has 3 N–H and O–H groups in total. The Labute approximate surface area is 133 Å². The molecule has 116 valence electrons. The van der Waals surface area contributed by atoms with Gasteiger partial charge in [-0.1, -0.05) is 11.6 Å². The van der Waals surface area contributed by atoms with Crippen LogP contribution < -0.4 is 5.73 Å². The molecule has 4 nitrogen and oxygen atoms in total. The van der Waals surface area contributed by atoms with Crippen LogP contribution >= 0.6 is 11.6 Å². The number of nitrogens with two attached hydrogens (primary N) is 1. The number of nitrogens with one attached hydrogen (secondary N) is 1. The van der Waals surface area contributed by atoms with Crippen LogP contribution in [-0.2, 0) is 0 Å². The summed E-state index contributed by atoms with van der Waals surface area (Å²) in [6.07, 6.45) is 4.66. The van der Waals surface area contributed by atoms with E-state index in [0.29, 0.717) is 10.7 Å². The molecule has 6 heteroatoms. The van der Waals surface area contributed by atoms with Gasteiger partial charge in [0, 0.05) is 34.6 Å². The number of hydrogen-bond donors (Lipinski definition) is 2. The number of rotatable bonds is 4. The molecule has 0 aliphatic heterocycles. The Kier molecular flexibility index (Phi) is 4.66. The van der Waals surface area contributed by atoms with E-state index in [-0.39, 0.29) is 17.3 Å². The molecule has 1 aromatic heterocycles. The first-order valence-corrected chi connectivity index (χ1v) is 7.24. The van der Waals surface area contributed by atoms with E-state index in [1.54, 1.807) is 10.8 Å². The largest absolute Gasteiger partial charge is 0.396 e. The standard InChI is InChI=1S/C16H18ClFN4/c1-9(2)22-8-13(10(3)4-5-19)16(21-22)12-6-11(17)7-14(20)15(12)18/h4-9,19H,20H2,1-3H3/b10-4+,19-5?. The van der Waals surface area contributed by atoms with Crippen LogP contribution in [0.2, 0.25) is 5.02 Å². The zero-order valence-electron chi connectivity index (χ0n) is 12.7. The first-order chi connectivity index (χ1) is 10.3. The maximum atomic E-state index is 14.4. The van der Waals surface area contributed by atoms with Crippen molar-refractivity contribution >= 4 is 29.1 Å². The van der Waals surface area contributed by atoms with E-state index in [9.17, 15) is 4.39 Å². The molecule has 22 heavy (non-hydrogen) atoms. The van der Waals surface area contributed by atoms with Gasteiger partial charge in [-0.25, -0.2) is 4.39 Å². The zero-order valence-corrected chi connectivity index (χ0v) is 13.4. The third-order valence-electron chi connectivity index (χ3n) is 3.34. The molecule has 0 saturated heterocycles. The quantitative estimate of drug-likeness (QED) is 0.640. The summed E-state index contributed by atoms with van der Waals surface area (Å²) in [6, 6.07) is 3.01. The number of halogens is 2. The lowest BCUT2D eigenvalue weighted by Gasteiger charge is -2.07. The smallest absolute Gasteiger partial charge is 0.155 e. The molecular formula is C16H18ClFN4. The molecule has 0 aliphatic rings. The van der Waals surface area contributed by atoms with E-state index in [4.69, 9.17) is 22.7 Å². The molecule has 2 rings (SSSR count). The van der Waals surface area contributed by atoms with E-state index in [1.165, 1.54) is 18.3 Å². The van der Waals surface area contributed by atoms with Crippen LogP contribution in [0.5, 0.6) is 0 Å². The molecule has 0 amide bonds. The van der Waals surface area contributed by atoms with Gasteiger partial charge in [0.15, 0.2) is 5.82 Å². The zero-order chi connectivity index (χ0) is 16.4. The summed E-state index contributed by atoms with van der Waals surface area (Å²) in [6.45, 7) is 5.82. The maximum Gasteiger partial charge on any atom is 0.155 e. The number of hydrogen-bond acceptors (Lipinski definition) is 3. The Morgan fingerprint density at radius 3 is 2.73 bits per heavy atom. The van der Waals surface area contributed by atoms with Gasteiger partial charge in [0.2, 0.25) is 0 Å². The minimum Gasteiger partial charge on any atom is -0.396 e. The highest BCUT2D eigenvalue weighted by atomic mass is 35.5. The van der Waals surface area contributed by atoms with Gasteiger partial charge in [0.1, 0.15) is 5.69 Å². The Bertz CT molecular complexity index is 747. The summed E-state index contributed by atoms with van der Waals surface area (Å²) in [5, 5.41) is 12.0. The van der Waals surface area contributed by atoms with Crippen LogP contribution in [0.15, 0.2) is 24.4 Å². The number of benzene rings is 1. The van der Waals surface area contributed by atoms with Crippen molar-refractivity contribution in [2.45, 2.75) is 26.8 Å². The van der Waals surface area contributed by atoms with E-state index in [0.717, 1.165) is 11.1 Å². The van der Waals surface area contributed by atoms with Gasteiger partial charge in [-0.3, -0.25) is 4.68 Å². The summed E-state index contributed by atoms with van der Waals surface area (Å²) >= 11 is 6.00. The van der Waals surface area contributed by atoms with Crippen LogP contribution in [0.4, 0.5) is 10.1 Å². The predicted octanol–water partition coefficient (Wildman–Crippen LogP) is 4.56. The lowest BCUT2D eigenvalue weighted by molar-refractivity contribution is 0.533. The molecule has 0 saturated carbocycles. The highest BCUT2D eigenvalue weighted by Crippen LogP contribution is 2.34. The van der Waals surface area contributed by atoms with Gasteiger partial charge in [-0.2, -0.15) is 5.10 Å². The molecule has 0 spiro atoms. The average molecular weight is 321 g/mol. The number of allylic oxidation sites excluding steroid dienone is 2. The van der Waals surface area contributed by atoms with Gasteiger partial charge >= 0.3 is 0 Å². The van der Waals surface area contributed by atoms with Gasteiger partial charge in [0.05, 0.1) is 5.69 Å². The van der Waals surface area contributed by atoms with Crippen molar-refractivity contribution in [2.75, 3.05) is 5.73 Å². The van der Waals surface area contributed by atoms with Crippen molar-refractivity contribution in [2.24, 2.45) is 0 Å². The third-order valence-corrected chi connectivity index (χ3v) is 3.56. The molecular weight excluding hydrogens is 303 g/mol. The molecule has 0 unspecified atom stereocenters. The van der Waals surface area contributed by atoms with Gasteiger partial charge in [-0.15, -0.1) is 0 Å². The van der Waals surface area contributed by atoms with Crippen molar-refractivity contribution in [3.63, 3.8) is 0 Å². The summed E-state index contributed by atoms with van der Waals surface area (Å²) in [4.78, 5) is 0. The molecule has 0 radical (unpaired) electrons. The van der Waals surface area contributed by atoms with Gasteiger partial charge in [-0.05, 0) is 44.6 Å². The molecule has 0 aliphatic carbocycles. The summed E-state index contributed by atoms with van der Waals surface area (Å²) in [5.41, 5.74) is 7.95. The molecule has 0 bridgehead atoms. The topological polar surface area (TPSA) is 67.7 Å². The highest BCUT2D eigenvalue weighted by molar-refractivity contribution is 6.31. The van der Waals surface area contributed by atoms with Crippen molar-refractivity contribution in [3.05, 3.63) is 40.8 Å². The Hall–Kier alpha value is -2.14. The van der Waals surface area contributed by atoms with Crippen LogP contribution in [0.25, 0.3) is 16.8 Å². The third kappa shape index (κ3) is 3.04. The van der Waals surface area contributed by atoms with E-state index < -0.39 is 5.82 Å².